The van der Waals surface area contributed by atoms with Gasteiger partial charge in [0.1, 0.15) is 6.10 Å². The minimum atomic E-state index is -0.879. The Labute approximate surface area is 65.3 Å². The molecule has 2 atom stereocenters. The zero-order valence-electron chi connectivity index (χ0n) is 6.31. The molecule has 0 saturated carbocycles. The summed E-state index contributed by atoms with van der Waals surface area (Å²) in [5.41, 5.74) is 0.502. The van der Waals surface area contributed by atoms with Crippen molar-refractivity contribution in [3.63, 3.8) is 0 Å². The van der Waals surface area contributed by atoms with Crippen LogP contribution >= 0.6 is 0 Å². The van der Waals surface area contributed by atoms with E-state index in [1.807, 2.05) is 0 Å². The first kappa shape index (κ1) is 8.17. The second kappa shape index (κ2) is 3.46. The lowest BCUT2D eigenvalue weighted by molar-refractivity contribution is 0.0278. The van der Waals surface area contributed by atoms with Crippen molar-refractivity contribution >= 4 is 0 Å². The number of nitrogens with zero attached hydrogens (tertiary/aromatic N) is 1. The lowest BCUT2D eigenvalue weighted by atomic mass is 10.1. The molecule has 2 N–H and O–H groups in total. The Balaban J connectivity index is 2.77. The van der Waals surface area contributed by atoms with Gasteiger partial charge in [-0.25, -0.2) is 0 Å². The summed E-state index contributed by atoms with van der Waals surface area (Å²) in [6.45, 7) is 1.53. The standard InChI is InChI=1S/C8H11NO2/c1-6(10)8(11)7-4-2-3-5-9-7/h2-6,8,10-11H,1H3/t6-,8+/m0/s1. The summed E-state index contributed by atoms with van der Waals surface area (Å²) in [6, 6.07) is 5.21. The molecule has 1 aromatic rings. The molecule has 0 aliphatic carbocycles. The van der Waals surface area contributed by atoms with Crippen LogP contribution in [-0.4, -0.2) is 21.3 Å². The van der Waals surface area contributed by atoms with E-state index in [-0.39, 0.29) is 0 Å². The van der Waals surface area contributed by atoms with Crippen LogP contribution in [0, 0.1) is 0 Å². The van der Waals surface area contributed by atoms with Gasteiger partial charge in [0.25, 0.3) is 0 Å². The van der Waals surface area contributed by atoms with Gasteiger partial charge in [0, 0.05) is 6.20 Å². The molecule has 1 rings (SSSR count). The van der Waals surface area contributed by atoms with Crippen LogP contribution in [0.3, 0.4) is 0 Å². The maximum atomic E-state index is 9.29. The van der Waals surface area contributed by atoms with Crippen LogP contribution in [0.15, 0.2) is 24.4 Å². The first-order chi connectivity index (χ1) is 5.22. The average Bonchev–Trinajstić information content (AvgIpc) is 2.05. The van der Waals surface area contributed by atoms with Crippen LogP contribution < -0.4 is 0 Å². The summed E-state index contributed by atoms with van der Waals surface area (Å²) < 4.78 is 0. The molecule has 0 fully saturated rings. The number of hydrogen-bond acceptors (Lipinski definition) is 3. The van der Waals surface area contributed by atoms with Gasteiger partial charge >= 0.3 is 0 Å². The fraction of sp³-hybridized carbons (Fsp3) is 0.375. The molecule has 11 heavy (non-hydrogen) atoms. The van der Waals surface area contributed by atoms with Gasteiger partial charge in [0.15, 0.2) is 0 Å². The van der Waals surface area contributed by atoms with Gasteiger partial charge in [-0.05, 0) is 19.1 Å². The predicted molar refractivity (Wildman–Crippen MR) is 40.9 cm³/mol. The normalized spacial score (nSPS) is 15.9. The molecule has 0 aliphatic heterocycles. The van der Waals surface area contributed by atoms with E-state index in [4.69, 9.17) is 5.11 Å². The number of hydrogen-bond donors (Lipinski definition) is 2. The summed E-state index contributed by atoms with van der Waals surface area (Å²) in [5, 5.41) is 18.3. The lowest BCUT2D eigenvalue weighted by Crippen LogP contribution is -2.14. The topological polar surface area (TPSA) is 53.4 Å². The number of rotatable bonds is 2. The highest BCUT2D eigenvalue weighted by molar-refractivity contribution is 5.07. The highest BCUT2D eigenvalue weighted by Crippen LogP contribution is 2.12. The molecular formula is C8H11NO2. The van der Waals surface area contributed by atoms with E-state index in [9.17, 15) is 5.11 Å². The molecule has 0 spiro atoms. The Morgan fingerprint density at radius 1 is 1.36 bits per heavy atom. The van der Waals surface area contributed by atoms with Crippen molar-refractivity contribution < 1.29 is 10.2 Å². The Bertz CT molecular complexity index is 211. The first-order valence-corrected chi connectivity index (χ1v) is 3.49. The van der Waals surface area contributed by atoms with E-state index in [2.05, 4.69) is 4.98 Å². The quantitative estimate of drug-likeness (QED) is 0.650. The van der Waals surface area contributed by atoms with Crippen LogP contribution in [0.2, 0.25) is 0 Å². The van der Waals surface area contributed by atoms with E-state index >= 15 is 0 Å². The van der Waals surface area contributed by atoms with E-state index in [0.717, 1.165) is 0 Å². The van der Waals surface area contributed by atoms with Crippen LogP contribution in [-0.2, 0) is 0 Å². The van der Waals surface area contributed by atoms with Crippen molar-refractivity contribution in [2.45, 2.75) is 19.1 Å². The van der Waals surface area contributed by atoms with E-state index in [1.54, 1.807) is 24.4 Å². The minimum Gasteiger partial charge on any atom is -0.390 e. The summed E-state index contributed by atoms with van der Waals surface area (Å²) in [7, 11) is 0. The third-order valence-electron chi connectivity index (χ3n) is 1.45. The lowest BCUT2D eigenvalue weighted by Gasteiger charge is -2.11. The smallest absolute Gasteiger partial charge is 0.121 e. The molecule has 0 amide bonds. The van der Waals surface area contributed by atoms with Crippen molar-refractivity contribution in [2.75, 3.05) is 0 Å². The van der Waals surface area contributed by atoms with Gasteiger partial charge in [-0.15, -0.1) is 0 Å². The molecule has 0 bridgehead atoms. The zero-order valence-corrected chi connectivity index (χ0v) is 6.31. The number of aromatic nitrogens is 1. The summed E-state index contributed by atoms with van der Waals surface area (Å²) in [5.74, 6) is 0. The highest BCUT2D eigenvalue weighted by Gasteiger charge is 2.13. The third kappa shape index (κ3) is 2.00. The molecule has 0 aromatic carbocycles. The maximum Gasteiger partial charge on any atom is 0.121 e. The molecule has 0 aliphatic rings. The monoisotopic (exact) mass is 153 g/mol. The van der Waals surface area contributed by atoms with E-state index in [0.29, 0.717) is 5.69 Å². The maximum absolute atomic E-state index is 9.29. The fourth-order valence-corrected chi connectivity index (χ4v) is 0.798. The van der Waals surface area contributed by atoms with Gasteiger partial charge in [-0.2, -0.15) is 0 Å². The van der Waals surface area contributed by atoms with E-state index in [1.165, 1.54) is 6.92 Å². The fourth-order valence-electron chi connectivity index (χ4n) is 0.798. The van der Waals surface area contributed by atoms with Gasteiger partial charge in [-0.1, -0.05) is 6.07 Å². The first-order valence-electron chi connectivity index (χ1n) is 3.49. The van der Waals surface area contributed by atoms with Crippen molar-refractivity contribution in [3.8, 4) is 0 Å². The summed E-state index contributed by atoms with van der Waals surface area (Å²) in [6.07, 6.45) is -0.0675. The van der Waals surface area contributed by atoms with E-state index < -0.39 is 12.2 Å². The Morgan fingerprint density at radius 3 is 2.55 bits per heavy atom. The van der Waals surface area contributed by atoms with Crippen LogP contribution in [0.25, 0.3) is 0 Å². The molecule has 1 heterocycles. The molecule has 60 valence electrons. The highest BCUT2D eigenvalue weighted by atomic mass is 16.3. The Kier molecular flexibility index (Phi) is 2.57. The molecule has 1 aromatic heterocycles. The summed E-state index contributed by atoms with van der Waals surface area (Å²) in [4.78, 5) is 3.89. The third-order valence-corrected chi connectivity index (χ3v) is 1.45. The Morgan fingerprint density at radius 2 is 2.09 bits per heavy atom. The van der Waals surface area contributed by atoms with Crippen molar-refractivity contribution in [2.24, 2.45) is 0 Å². The predicted octanol–water partition coefficient (Wildman–Crippen LogP) is 0.496. The molecule has 0 radical (unpaired) electrons. The minimum absolute atomic E-state index is 0.502. The van der Waals surface area contributed by atoms with Crippen LogP contribution in [0.5, 0.6) is 0 Å². The zero-order chi connectivity index (χ0) is 8.27. The molecule has 3 heteroatoms. The SMILES string of the molecule is C[C@H](O)[C@@H](O)c1ccccn1. The van der Waals surface area contributed by atoms with Gasteiger partial charge in [0.05, 0.1) is 11.8 Å². The van der Waals surface area contributed by atoms with Crippen molar-refractivity contribution in [1.82, 2.24) is 4.98 Å². The molecule has 0 saturated heterocycles. The van der Waals surface area contributed by atoms with Gasteiger partial charge < -0.3 is 10.2 Å². The van der Waals surface area contributed by atoms with Gasteiger partial charge in [-0.3, -0.25) is 4.98 Å². The second-order valence-corrected chi connectivity index (χ2v) is 2.44. The van der Waals surface area contributed by atoms with Crippen molar-refractivity contribution in [1.29, 1.82) is 0 Å². The van der Waals surface area contributed by atoms with Crippen LogP contribution in [0.4, 0.5) is 0 Å². The number of pyridine rings is 1. The summed E-state index contributed by atoms with van der Waals surface area (Å²) >= 11 is 0. The molecular weight excluding hydrogens is 142 g/mol. The average molecular weight is 153 g/mol. The second-order valence-electron chi connectivity index (χ2n) is 2.44. The van der Waals surface area contributed by atoms with Crippen molar-refractivity contribution in [3.05, 3.63) is 30.1 Å². The number of aliphatic hydroxyl groups is 2. The largest absolute Gasteiger partial charge is 0.390 e. The molecule has 0 unspecified atom stereocenters. The van der Waals surface area contributed by atoms with Gasteiger partial charge in [0.2, 0.25) is 0 Å². The Hall–Kier alpha value is -0.930. The molecule has 3 nitrogen and oxygen atoms in total. The number of aliphatic hydroxyl groups excluding tert-OH is 2. The van der Waals surface area contributed by atoms with Crippen LogP contribution in [0.1, 0.15) is 18.7 Å².